The fourth-order valence-corrected chi connectivity index (χ4v) is 5.68. The van der Waals surface area contributed by atoms with E-state index in [0.717, 1.165) is 21.0 Å². The molecule has 0 aliphatic carbocycles. The van der Waals surface area contributed by atoms with E-state index in [0.29, 0.717) is 31.8 Å². The van der Waals surface area contributed by atoms with Crippen LogP contribution in [-0.4, -0.2) is 24.8 Å². The second-order valence-electron chi connectivity index (χ2n) is 7.93. The molecule has 0 aliphatic heterocycles. The topological polar surface area (TPSA) is 65.2 Å². The van der Waals surface area contributed by atoms with E-state index in [1.165, 1.54) is 28.0 Å². The fourth-order valence-electron chi connectivity index (χ4n) is 3.79. The molecule has 0 spiro atoms. The van der Waals surface area contributed by atoms with E-state index in [-0.39, 0.29) is 22.7 Å². The van der Waals surface area contributed by atoms with E-state index in [1.54, 1.807) is 6.07 Å². The molecule has 0 saturated carbocycles. The summed E-state index contributed by atoms with van der Waals surface area (Å²) in [6, 6.07) is 17.8. The highest BCUT2D eigenvalue weighted by Crippen LogP contribution is 2.38. The summed E-state index contributed by atoms with van der Waals surface area (Å²) in [6.07, 6.45) is 0. The van der Waals surface area contributed by atoms with E-state index < -0.39 is 5.82 Å². The lowest BCUT2D eigenvalue weighted by Crippen LogP contribution is -2.00. The third kappa shape index (κ3) is 4.66. The van der Waals surface area contributed by atoms with Gasteiger partial charge in [0.25, 0.3) is 0 Å². The van der Waals surface area contributed by atoms with E-state index in [9.17, 15) is 4.39 Å². The average molecular weight is 636 g/mol. The van der Waals surface area contributed by atoms with Crippen LogP contribution in [0.25, 0.3) is 37.7 Å². The first-order valence-corrected chi connectivity index (χ1v) is 13.5. The number of nitrogens with zero attached hydrogens (tertiary/aromatic N) is 5. The Labute approximate surface area is 236 Å². The van der Waals surface area contributed by atoms with Gasteiger partial charge in [-0.15, -0.1) is 10.2 Å². The van der Waals surface area contributed by atoms with Gasteiger partial charge in [0.05, 0.1) is 21.3 Å². The van der Waals surface area contributed by atoms with Crippen LogP contribution in [0.3, 0.4) is 0 Å². The minimum Gasteiger partial charge on any atom is -0.457 e. The van der Waals surface area contributed by atoms with Crippen LogP contribution in [0.2, 0.25) is 15.1 Å². The van der Waals surface area contributed by atoms with Crippen molar-refractivity contribution in [3.63, 3.8) is 0 Å². The van der Waals surface area contributed by atoms with Crippen LogP contribution in [0.15, 0.2) is 65.1 Å². The van der Waals surface area contributed by atoms with Crippen LogP contribution in [0.1, 0.15) is 5.56 Å². The number of hydrogen-bond acceptors (Lipinski definition) is 6. The monoisotopic (exact) mass is 633 g/mol. The minimum absolute atomic E-state index is 0.0586. The number of ether oxygens (including phenoxy) is 1. The predicted molar refractivity (Wildman–Crippen MR) is 148 cm³/mol. The van der Waals surface area contributed by atoms with E-state index >= 15 is 0 Å². The van der Waals surface area contributed by atoms with Gasteiger partial charge in [0.1, 0.15) is 17.4 Å². The highest BCUT2D eigenvalue weighted by Gasteiger charge is 2.19. The lowest BCUT2D eigenvalue weighted by Gasteiger charge is -2.10. The Balaban J connectivity index is 1.46. The Morgan fingerprint density at radius 1 is 0.919 bits per heavy atom. The standard InChI is InChI=1S/C25H12BrCl3FN5OS/c26-13-5-6-21-14(7-13)15(9-22(31-21)16-8-20(30)19(29)10-18(16)28)23-34-35-24(32-33-25(35)37-23)36-11-12-3-1-2-4-17(12)27/h1-10H,11H2. The molecule has 37 heavy (non-hydrogen) atoms. The van der Waals surface area contributed by atoms with Gasteiger partial charge < -0.3 is 4.74 Å². The summed E-state index contributed by atoms with van der Waals surface area (Å²) in [6.45, 7) is 0.212. The van der Waals surface area contributed by atoms with Crippen molar-refractivity contribution in [3.8, 4) is 27.8 Å². The lowest BCUT2D eigenvalue weighted by molar-refractivity contribution is 0.274. The molecule has 6 nitrogen and oxygen atoms in total. The Morgan fingerprint density at radius 2 is 1.76 bits per heavy atom. The third-order valence-corrected chi connectivity index (χ3v) is 7.96. The highest BCUT2D eigenvalue weighted by atomic mass is 79.9. The van der Waals surface area contributed by atoms with Gasteiger partial charge in [-0.05, 0) is 42.5 Å². The van der Waals surface area contributed by atoms with Crippen molar-refractivity contribution in [3.05, 3.63) is 91.6 Å². The van der Waals surface area contributed by atoms with Crippen LogP contribution >= 0.6 is 62.1 Å². The van der Waals surface area contributed by atoms with Crippen molar-refractivity contribution in [2.75, 3.05) is 0 Å². The second kappa shape index (κ2) is 9.81. The molecule has 184 valence electrons. The maximum Gasteiger partial charge on any atom is 0.340 e. The van der Waals surface area contributed by atoms with Gasteiger partial charge in [-0.1, -0.05) is 85.4 Å². The number of benzene rings is 3. The summed E-state index contributed by atoms with van der Waals surface area (Å²) >= 11 is 23.4. The number of halogens is 5. The molecule has 3 aromatic carbocycles. The van der Waals surface area contributed by atoms with Crippen LogP contribution < -0.4 is 4.74 Å². The van der Waals surface area contributed by atoms with Crippen LogP contribution in [0.4, 0.5) is 4.39 Å². The zero-order valence-electron chi connectivity index (χ0n) is 18.4. The van der Waals surface area contributed by atoms with Gasteiger partial charge in [0.2, 0.25) is 4.96 Å². The molecule has 0 bridgehead atoms. The van der Waals surface area contributed by atoms with Crippen molar-refractivity contribution >= 4 is 77.9 Å². The molecule has 6 rings (SSSR count). The average Bonchev–Trinajstić information content (AvgIpc) is 3.46. The van der Waals surface area contributed by atoms with Gasteiger partial charge in [-0.3, -0.25) is 0 Å². The Hall–Kier alpha value is -2.82. The molecule has 0 radical (unpaired) electrons. The summed E-state index contributed by atoms with van der Waals surface area (Å²) < 4.78 is 22.6. The molecule has 0 unspecified atom stereocenters. The predicted octanol–water partition coefficient (Wildman–Crippen LogP) is 8.51. The van der Waals surface area contributed by atoms with Gasteiger partial charge in [-0.2, -0.15) is 4.52 Å². The van der Waals surface area contributed by atoms with E-state index in [4.69, 9.17) is 49.6 Å². The molecule has 6 aromatic rings. The number of rotatable bonds is 5. The number of fused-ring (bicyclic) bond motifs is 2. The van der Waals surface area contributed by atoms with Crippen LogP contribution in [0.5, 0.6) is 6.01 Å². The van der Waals surface area contributed by atoms with Crippen molar-refractivity contribution in [2.24, 2.45) is 0 Å². The molecule has 12 heteroatoms. The van der Waals surface area contributed by atoms with Gasteiger partial charge >= 0.3 is 6.01 Å². The maximum atomic E-state index is 14.3. The first kappa shape index (κ1) is 24.5. The molecular formula is C25H12BrCl3FN5OS. The van der Waals surface area contributed by atoms with Crippen molar-refractivity contribution < 1.29 is 9.13 Å². The van der Waals surface area contributed by atoms with Crippen molar-refractivity contribution in [2.45, 2.75) is 6.61 Å². The van der Waals surface area contributed by atoms with Crippen molar-refractivity contribution in [1.82, 2.24) is 24.8 Å². The smallest absolute Gasteiger partial charge is 0.340 e. The lowest BCUT2D eigenvalue weighted by atomic mass is 10.0. The molecule has 0 aliphatic rings. The van der Waals surface area contributed by atoms with Crippen LogP contribution in [-0.2, 0) is 6.61 Å². The summed E-state index contributed by atoms with van der Waals surface area (Å²) in [4.78, 5) is 5.27. The minimum atomic E-state index is -0.584. The quantitative estimate of drug-likeness (QED) is 0.178. The maximum absolute atomic E-state index is 14.3. The largest absolute Gasteiger partial charge is 0.457 e. The summed E-state index contributed by atoms with van der Waals surface area (Å²) in [5, 5.41) is 15.4. The van der Waals surface area contributed by atoms with Gasteiger partial charge in [0.15, 0.2) is 0 Å². The highest BCUT2D eigenvalue weighted by molar-refractivity contribution is 9.10. The molecule has 0 N–H and O–H groups in total. The molecule has 0 saturated heterocycles. The first-order valence-electron chi connectivity index (χ1n) is 10.7. The van der Waals surface area contributed by atoms with E-state index in [2.05, 4.69) is 26.1 Å². The summed E-state index contributed by atoms with van der Waals surface area (Å²) in [7, 11) is 0. The molecular weight excluding hydrogens is 624 g/mol. The summed E-state index contributed by atoms with van der Waals surface area (Å²) in [5.41, 5.74) is 3.16. The zero-order chi connectivity index (χ0) is 25.7. The molecule has 3 aromatic heterocycles. The molecule has 3 heterocycles. The molecule has 0 fully saturated rings. The summed E-state index contributed by atoms with van der Waals surface area (Å²) in [5.74, 6) is -0.584. The Bertz CT molecular complexity index is 1830. The number of aromatic nitrogens is 5. The fraction of sp³-hybridized carbons (Fsp3) is 0.0400. The van der Waals surface area contributed by atoms with Crippen LogP contribution in [0, 0.1) is 5.82 Å². The Kier molecular flexibility index (Phi) is 6.50. The van der Waals surface area contributed by atoms with Gasteiger partial charge in [0, 0.05) is 31.6 Å². The number of pyridine rings is 1. The molecule has 0 atom stereocenters. The van der Waals surface area contributed by atoms with Crippen molar-refractivity contribution in [1.29, 1.82) is 0 Å². The number of hydrogen-bond donors (Lipinski definition) is 0. The molecule has 0 amide bonds. The van der Waals surface area contributed by atoms with E-state index in [1.807, 2.05) is 42.5 Å². The SMILES string of the molecule is Fc1cc(-c2cc(-c3nn4c(OCc5ccccc5Cl)nnc4s3)c3cc(Br)ccc3n2)c(Cl)cc1Cl. The normalized spacial score (nSPS) is 11.5. The third-order valence-electron chi connectivity index (χ3n) is 5.56. The zero-order valence-corrected chi connectivity index (χ0v) is 23.1. The van der Waals surface area contributed by atoms with Gasteiger partial charge in [-0.25, -0.2) is 9.37 Å². The first-order chi connectivity index (χ1) is 17.9. The Morgan fingerprint density at radius 3 is 2.59 bits per heavy atom. The second-order valence-corrected chi connectivity index (χ2v) is 11.0.